The van der Waals surface area contributed by atoms with Gasteiger partial charge >= 0.3 is 18.2 Å². The first-order valence-corrected chi connectivity index (χ1v) is 15.6. The molecule has 1 aliphatic rings. The van der Waals surface area contributed by atoms with E-state index in [-0.39, 0.29) is 25.0 Å². The second-order valence-electron chi connectivity index (χ2n) is 12.5. The number of alkyl carbamates (subject to hydrolysis) is 1. The molecule has 8 nitrogen and oxygen atoms in total. The predicted molar refractivity (Wildman–Crippen MR) is 176 cm³/mol. The molecular formula is C38H39FN2O6. The Morgan fingerprint density at radius 1 is 0.851 bits per heavy atom. The highest BCUT2D eigenvalue weighted by molar-refractivity contribution is 5.85. The van der Waals surface area contributed by atoms with Crippen LogP contribution < -0.4 is 10.1 Å². The highest BCUT2D eigenvalue weighted by Crippen LogP contribution is 2.28. The van der Waals surface area contributed by atoms with Gasteiger partial charge in [-0.25, -0.2) is 14.0 Å². The van der Waals surface area contributed by atoms with Crippen molar-refractivity contribution in [2.24, 2.45) is 0 Å². The number of carbonyl (C=O) groups excluding carboxylic acids is 3. The fourth-order valence-corrected chi connectivity index (χ4v) is 5.38. The standard InChI is InChI=1S/C38H39FN2O6/c1-25(26-14-17-32(39)18-15-26)45-33-19-16-29-20-21-41(24-31(29)22-33)37(44)46-36(43)40-23-34(35(42)47-38(2,3)4)30-12-10-28(11-13-30)27-8-6-5-7-9-27/h5-19,22,25,34H,20-21,23-24H2,1-4H3,(H,40,43). The first-order chi connectivity index (χ1) is 22.4. The number of rotatable bonds is 8. The van der Waals surface area contributed by atoms with Crippen molar-refractivity contribution >= 4 is 18.2 Å². The van der Waals surface area contributed by atoms with Crippen LogP contribution >= 0.6 is 0 Å². The number of ether oxygens (including phenoxy) is 3. The maximum atomic E-state index is 13.3. The van der Waals surface area contributed by atoms with Crippen molar-refractivity contribution in [1.82, 2.24) is 10.2 Å². The first kappa shape index (κ1) is 33.2. The van der Waals surface area contributed by atoms with E-state index in [4.69, 9.17) is 14.2 Å². The smallest absolute Gasteiger partial charge is 0.419 e. The maximum absolute atomic E-state index is 13.3. The van der Waals surface area contributed by atoms with Gasteiger partial charge in [-0.05, 0) is 91.8 Å². The van der Waals surface area contributed by atoms with E-state index < -0.39 is 29.7 Å². The summed E-state index contributed by atoms with van der Waals surface area (Å²) in [5.41, 5.74) is 4.73. The van der Waals surface area contributed by atoms with Crippen LogP contribution in [-0.4, -0.2) is 41.7 Å². The number of hydrogen-bond acceptors (Lipinski definition) is 6. The molecule has 0 aromatic heterocycles. The summed E-state index contributed by atoms with van der Waals surface area (Å²) >= 11 is 0. The lowest BCUT2D eigenvalue weighted by atomic mass is 9.96. The van der Waals surface area contributed by atoms with Crippen molar-refractivity contribution in [3.05, 3.63) is 125 Å². The highest BCUT2D eigenvalue weighted by Gasteiger charge is 2.29. The summed E-state index contributed by atoms with van der Waals surface area (Å²) in [6.45, 7) is 7.69. The van der Waals surface area contributed by atoms with Gasteiger partial charge < -0.3 is 24.4 Å². The van der Waals surface area contributed by atoms with Crippen molar-refractivity contribution in [3.8, 4) is 16.9 Å². The molecule has 2 unspecified atom stereocenters. The zero-order valence-corrected chi connectivity index (χ0v) is 27.0. The van der Waals surface area contributed by atoms with Gasteiger partial charge in [-0.15, -0.1) is 0 Å². The Balaban J connectivity index is 1.19. The van der Waals surface area contributed by atoms with Gasteiger partial charge in [-0.2, -0.15) is 0 Å². The summed E-state index contributed by atoms with van der Waals surface area (Å²) in [6.07, 6.45) is -1.48. The van der Waals surface area contributed by atoms with Crippen LogP contribution in [0.5, 0.6) is 5.75 Å². The third kappa shape index (κ3) is 8.97. The lowest BCUT2D eigenvalue weighted by molar-refractivity contribution is -0.156. The Kier molecular flexibility index (Phi) is 10.2. The van der Waals surface area contributed by atoms with Crippen LogP contribution in [0.3, 0.4) is 0 Å². The van der Waals surface area contributed by atoms with Gasteiger partial charge in [-0.3, -0.25) is 4.79 Å². The van der Waals surface area contributed by atoms with Crippen molar-refractivity contribution in [1.29, 1.82) is 0 Å². The van der Waals surface area contributed by atoms with Gasteiger partial charge in [0.25, 0.3) is 0 Å². The molecular weight excluding hydrogens is 599 g/mol. The largest absolute Gasteiger partial charge is 0.486 e. The van der Waals surface area contributed by atoms with E-state index in [9.17, 15) is 18.8 Å². The Morgan fingerprint density at radius 3 is 2.19 bits per heavy atom. The van der Waals surface area contributed by atoms with Crippen LogP contribution in [0, 0.1) is 5.82 Å². The summed E-state index contributed by atoms with van der Waals surface area (Å²) in [5, 5.41) is 2.58. The summed E-state index contributed by atoms with van der Waals surface area (Å²) in [4.78, 5) is 40.4. The van der Waals surface area contributed by atoms with Crippen molar-refractivity contribution in [3.63, 3.8) is 0 Å². The molecule has 1 heterocycles. The Morgan fingerprint density at radius 2 is 1.51 bits per heavy atom. The molecule has 0 fully saturated rings. The van der Waals surface area contributed by atoms with Crippen molar-refractivity contribution in [2.75, 3.05) is 13.1 Å². The average Bonchev–Trinajstić information content (AvgIpc) is 3.04. The lowest BCUT2D eigenvalue weighted by Gasteiger charge is -2.28. The number of hydrogen-bond donors (Lipinski definition) is 1. The zero-order valence-electron chi connectivity index (χ0n) is 27.0. The van der Waals surface area contributed by atoms with Crippen LogP contribution in [0.1, 0.15) is 62.0 Å². The third-order valence-corrected chi connectivity index (χ3v) is 7.84. The molecule has 0 aliphatic carbocycles. The number of halogens is 1. The minimum atomic E-state index is -0.958. The van der Waals surface area contributed by atoms with E-state index in [0.717, 1.165) is 27.8 Å². The number of fused-ring (bicyclic) bond motifs is 1. The summed E-state index contributed by atoms with van der Waals surface area (Å²) in [5.74, 6) is -1.03. The fourth-order valence-electron chi connectivity index (χ4n) is 5.38. The van der Waals surface area contributed by atoms with Gasteiger partial charge in [0.15, 0.2) is 0 Å². The second kappa shape index (κ2) is 14.5. The Bertz CT molecular complexity index is 1700. The molecule has 47 heavy (non-hydrogen) atoms. The topological polar surface area (TPSA) is 94.2 Å². The van der Waals surface area contributed by atoms with E-state index >= 15 is 0 Å². The number of amides is 2. The number of nitrogens with one attached hydrogen (secondary N) is 1. The Labute approximate surface area is 274 Å². The van der Waals surface area contributed by atoms with E-state index in [2.05, 4.69) is 5.32 Å². The molecule has 1 aliphatic heterocycles. The quantitative estimate of drug-likeness (QED) is 0.155. The molecule has 9 heteroatoms. The van der Waals surface area contributed by atoms with Crippen LogP contribution in [0.2, 0.25) is 0 Å². The second-order valence-corrected chi connectivity index (χ2v) is 12.5. The molecule has 2 atom stereocenters. The maximum Gasteiger partial charge on any atom is 0.419 e. The molecule has 1 N–H and O–H groups in total. The minimum Gasteiger partial charge on any atom is -0.486 e. The molecule has 244 valence electrons. The lowest BCUT2D eigenvalue weighted by Crippen LogP contribution is -2.41. The number of esters is 1. The molecule has 2 amide bonds. The SMILES string of the molecule is CC(Oc1ccc2c(c1)CN(C(=O)OC(=O)NCC(C(=O)OC(C)(C)C)c1ccc(-c3ccccc3)cc1)CC2)c1ccc(F)cc1. The molecule has 0 saturated carbocycles. The number of carbonyl (C=O) groups is 3. The van der Waals surface area contributed by atoms with E-state index in [1.54, 1.807) is 32.9 Å². The van der Waals surface area contributed by atoms with Crippen LogP contribution in [0.15, 0.2) is 97.1 Å². The monoisotopic (exact) mass is 638 g/mol. The Hall–Kier alpha value is -5.18. The van der Waals surface area contributed by atoms with Crippen LogP contribution in [0.25, 0.3) is 11.1 Å². The normalized spacial score (nSPS) is 13.9. The molecule has 4 aromatic rings. The number of benzene rings is 4. The molecule has 0 saturated heterocycles. The minimum absolute atomic E-state index is 0.124. The average molecular weight is 639 g/mol. The number of nitrogens with zero attached hydrogens (tertiary/aromatic N) is 1. The molecule has 0 spiro atoms. The molecule has 4 aromatic carbocycles. The zero-order chi connectivity index (χ0) is 33.6. The first-order valence-electron chi connectivity index (χ1n) is 15.6. The van der Waals surface area contributed by atoms with Crippen LogP contribution in [0.4, 0.5) is 14.0 Å². The molecule has 0 bridgehead atoms. The molecule has 0 radical (unpaired) electrons. The van der Waals surface area contributed by atoms with Gasteiger partial charge in [0, 0.05) is 19.6 Å². The third-order valence-electron chi connectivity index (χ3n) is 7.84. The van der Waals surface area contributed by atoms with Gasteiger partial charge in [-0.1, -0.05) is 72.8 Å². The van der Waals surface area contributed by atoms with E-state index in [0.29, 0.717) is 24.3 Å². The van der Waals surface area contributed by atoms with Crippen LogP contribution in [-0.2, 0) is 27.2 Å². The van der Waals surface area contributed by atoms with Gasteiger partial charge in [0.1, 0.15) is 23.3 Å². The van der Waals surface area contributed by atoms with Gasteiger partial charge in [0.2, 0.25) is 0 Å². The summed E-state index contributed by atoms with van der Waals surface area (Å²) in [6, 6.07) is 29.2. The summed E-state index contributed by atoms with van der Waals surface area (Å²) in [7, 11) is 0. The van der Waals surface area contributed by atoms with Crippen molar-refractivity contribution in [2.45, 2.75) is 58.3 Å². The van der Waals surface area contributed by atoms with E-state index in [1.165, 1.54) is 17.0 Å². The van der Waals surface area contributed by atoms with Crippen molar-refractivity contribution < 1.29 is 33.0 Å². The predicted octanol–water partition coefficient (Wildman–Crippen LogP) is 7.96. The summed E-state index contributed by atoms with van der Waals surface area (Å²) < 4.78 is 30.2. The molecule has 5 rings (SSSR count). The fraction of sp³-hybridized carbons (Fsp3) is 0.289. The van der Waals surface area contributed by atoms with E-state index in [1.807, 2.05) is 79.7 Å². The highest BCUT2D eigenvalue weighted by atomic mass is 19.1. The van der Waals surface area contributed by atoms with Gasteiger partial charge in [0.05, 0.1) is 5.92 Å².